The number of hydrogen-bond donors (Lipinski definition) is 0. The van der Waals surface area contributed by atoms with E-state index in [1.165, 1.54) is 6.08 Å². The summed E-state index contributed by atoms with van der Waals surface area (Å²) in [6.07, 6.45) is 6.70. The fourth-order valence-electron chi connectivity index (χ4n) is 6.52. The molecule has 2 unspecified atom stereocenters. The third kappa shape index (κ3) is 3.52. The fourth-order valence-corrected chi connectivity index (χ4v) is 8.66. The minimum Gasteiger partial charge on any atom is -0.379 e. The zero-order chi connectivity index (χ0) is 26.1. The van der Waals surface area contributed by atoms with Gasteiger partial charge in [-0.3, -0.25) is 14.6 Å². The van der Waals surface area contributed by atoms with Crippen LogP contribution in [0.4, 0.5) is 4.39 Å². The Hall–Kier alpha value is -2.70. The van der Waals surface area contributed by atoms with E-state index in [-0.39, 0.29) is 28.6 Å². The van der Waals surface area contributed by atoms with Gasteiger partial charge in [0, 0.05) is 43.3 Å². The molecule has 9 nitrogen and oxygen atoms in total. The first-order valence-electron chi connectivity index (χ1n) is 13.1. The number of aromatic nitrogens is 2. The second kappa shape index (κ2) is 8.92. The van der Waals surface area contributed by atoms with E-state index in [9.17, 15) is 13.2 Å². The molecule has 0 bridgehead atoms. The van der Waals surface area contributed by atoms with Crippen molar-refractivity contribution in [1.82, 2.24) is 19.6 Å². The van der Waals surface area contributed by atoms with Gasteiger partial charge in [-0.2, -0.15) is 5.10 Å². The van der Waals surface area contributed by atoms with Gasteiger partial charge in [-0.1, -0.05) is 30.4 Å². The van der Waals surface area contributed by atoms with Crippen molar-refractivity contribution in [3.05, 3.63) is 59.6 Å². The molecule has 0 spiro atoms. The van der Waals surface area contributed by atoms with E-state index in [4.69, 9.17) is 14.6 Å². The number of nitrogens with zero attached hydrogens (tertiary/aromatic N) is 4. The molecule has 11 heteroatoms. The maximum absolute atomic E-state index is 16.1. The lowest BCUT2D eigenvalue weighted by atomic mass is 9.87. The standard InChI is InChI=1S/C27H29FN4O5S/c28-23-7-3-4-8-27(23,17-30-9-12-36-13-10-30)32-25-18-5-1-2-6-22(18)38(34,35)26(24(25)19(16-33)29-32)31-11-14-37-21-15-20(21)31/h1-7,16,20-21,26H,8-15,17H2/t20-,21?,26?,27+/m0/s1. The van der Waals surface area contributed by atoms with Gasteiger partial charge < -0.3 is 9.47 Å². The van der Waals surface area contributed by atoms with E-state index in [1.54, 1.807) is 35.0 Å². The molecule has 38 heavy (non-hydrogen) atoms. The number of aldehydes is 1. The maximum Gasteiger partial charge on any atom is 0.199 e. The molecule has 2 aromatic rings. The molecule has 1 saturated carbocycles. The summed E-state index contributed by atoms with van der Waals surface area (Å²) in [5.74, 6) is -0.370. The third-order valence-electron chi connectivity index (χ3n) is 8.43. The zero-order valence-electron chi connectivity index (χ0n) is 20.8. The summed E-state index contributed by atoms with van der Waals surface area (Å²) in [7, 11) is -3.90. The Bertz CT molecular complexity index is 1460. The van der Waals surface area contributed by atoms with Gasteiger partial charge in [0.25, 0.3) is 0 Å². The number of morpholine rings is 2. The number of sulfone groups is 1. The average Bonchev–Trinajstić information content (AvgIpc) is 3.64. The molecule has 0 radical (unpaired) electrons. The van der Waals surface area contributed by atoms with Crippen LogP contribution >= 0.6 is 0 Å². The first-order valence-corrected chi connectivity index (χ1v) is 14.6. The normalized spacial score (nSPS) is 32.1. The lowest BCUT2D eigenvalue weighted by molar-refractivity contribution is 0.0182. The van der Waals surface area contributed by atoms with Gasteiger partial charge in [0.1, 0.15) is 22.4 Å². The molecular formula is C27H29FN4O5S. The van der Waals surface area contributed by atoms with E-state index >= 15 is 4.39 Å². The number of allylic oxidation sites excluding steroid dienone is 3. The summed E-state index contributed by atoms with van der Waals surface area (Å²) in [6.45, 7) is 3.55. The van der Waals surface area contributed by atoms with Gasteiger partial charge in [-0.05, 0) is 25.0 Å². The number of carbonyl (C=O) groups is 1. The van der Waals surface area contributed by atoms with Crippen molar-refractivity contribution < 1.29 is 27.1 Å². The van der Waals surface area contributed by atoms with E-state index in [1.807, 2.05) is 11.0 Å². The number of halogens is 1. The second-order valence-electron chi connectivity index (χ2n) is 10.6. The predicted molar refractivity (Wildman–Crippen MR) is 136 cm³/mol. The molecule has 2 aliphatic carbocycles. The Kier molecular flexibility index (Phi) is 5.72. The van der Waals surface area contributed by atoms with Crippen LogP contribution < -0.4 is 0 Å². The molecule has 5 aliphatic rings. The summed E-state index contributed by atoms with van der Waals surface area (Å²) in [5, 5.41) is 3.63. The number of carbonyl (C=O) groups excluding carboxylic acids is 1. The van der Waals surface area contributed by atoms with Crippen LogP contribution in [-0.2, 0) is 24.8 Å². The topological polar surface area (TPSA) is 94.0 Å². The quantitative estimate of drug-likeness (QED) is 0.534. The van der Waals surface area contributed by atoms with Crippen molar-refractivity contribution in [1.29, 1.82) is 0 Å². The molecular weight excluding hydrogens is 511 g/mol. The van der Waals surface area contributed by atoms with Gasteiger partial charge in [-0.25, -0.2) is 17.5 Å². The number of benzene rings is 1. The Morgan fingerprint density at radius 2 is 1.97 bits per heavy atom. The van der Waals surface area contributed by atoms with Crippen molar-refractivity contribution in [3.8, 4) is 11.3 Å². The average molecular weight is 541 g/mol. The van der Waals surface area contributed by atoms with Crippen molar-refractivity contribution in [3.63, 3.8) is 0 Å². The van der Waals surface area contributed by atoms with Crippen LogP contribution in [0.15, 0.2) is 53.2 Å². The summed E-state index contributed by atoms with van der Waals surface area (Å²) < 4.78 is 57.4. The SMILES string of the molecule is O=Cc1nn([C@@]2(CN3CCOCC3)CC=CC=C2F)c2c1C(N1CCOC3C[C@@H]31)S(=O)(=O)c1ccccc1-2. The van der Waals surface area contributed by atoms with Crippen LogP contribution in [-0.4, -0.2) is 92.4 Å². The van der Waals surface area contributed by atoms with Gasteiger partial charge in [0.15, 0.2) is 16.1 Å². The van der Waals surface area contributed by atoms with Crippen LogP contribution in [0.2, 0.25) is 0 Å². The van der Waals surface area contributed by atoms with Gasteiger partial charge in [0.2, 0.25) is 0 Å². The highest BCUT2D eigenvalue weighted by Gasteiger charge is 2.56. The lowest BCUT2D eigenvalue weighted by Crippen LogP contribution is -2.50. The molecule has 2 saturated heterocycles. The largest absolute Gasteiger partial charge is 0.379 e. The van der Waals surface area contributed by atoms with E-state index in [0.29, 0.717) is 75.5 Å². The smallest absolute Gasteiger partial charge is 0.199 e. The molecule has 4 atom stereocenters. The Labute approximate surface area is 220 Å². The summed E-state index contributed by atoms with van der Waals surface area (Å²) in [5.41, 5.74) is 0.0935. The molecule has 1 aromatic carbocycles. The minimum absolute atomic E-state index is 0.00850. The highest BCUT2D eigenvalue weighted by atomic mass is 32.2. The number of rotatable bonds is 5. The monoisotopic (exact) mass is 540 g/mol. The van der Waals surface area contributed by atoms with Crippen molar-refractivity contribution in [2.75, 3.05) is 46.0 Å². The molecule has 0 amide bonds. The maximum atomic E-state index is 16.1. The van der Waals surface area contributed by atoms with Crippen molar-refractivity contribution in [2.24, 2.45) is 0 Å². The molecule has 3 aliphatic heterocycles. The molecule has 200 valence electrons. The van der Waals surface area contributed by atoms with Crippen molar-refractivity contribution >= 4 is 16.1 Å². The lowest BCUT2D eigenvalue weighted by Gasteiger charge is -2.41. The third-order valence-corrected chi connectivity index (χ3v) is 10.5. The molecule has 0 N–H and O–H groups in total. The summed E-state index contributed by atoms with van der Waals surface area (Å²) in [6, 6.07) is 6.76. The summed E-state index contributed by atoms with van der Waals surface area (Å²) >= 11 is 0. The number of ether oxygens (including phenoxy) is 2. The first-order chi connectivity index (χ1) is 18.5. The summed E-state index contributed by atoms with van der Waals surface area (Å²) in [4.78, 5) is 16.8. The number of fused-ring (bicyclic) bond motifs is 4. The fraction of sp³-hybridized carbons (Fsp3) is 0.481. The first kappa shape index (κ1) is 24.3. The Morgan fingerprint density at radius 3 is 2.76 bits per heavy atom. The Morgan fingerprint density at radius 1 is 1.16 bits per heavy atom. The zero-order valence-corrected chi connectivity index (χ0v) is 21.6. The highest BCUT2D eigenvalue weighted by molar-refractivity contribution is 7.91. The van der Waals surface area contributed by atoms with E-state index < -0.39 is 20.8 Å². The second-order valence-corrected chi connectivity index (χ2v) is 12.6. The minimum atomic E-state index is -3.90. The van der Waals surface area contributed by atoms with Crippen LogP contribution in [0.25, 0.3) is 11.3 Å². The van der Waals surface area contributed by atoms with Crippen LogP contribution in [0, 0.1) is 0 Å². The molecule has 7 rings (SSSR count). The Balaban J connectivity index is 1.48. The number of hydrogen-bond acceptors (Lipinski definition) is 8. The van der Waals surface area contributed by atoms with Gasteiger partial charge >= 0.3 is 0 Å². The molecule has 1 aromatic heterocycles. The molecule has 4 heterocycles. The van der Waals surface area contributed by atoms with E-state index in [0.717, 1.165) is 6.42 Å². The van der Waals surface area contributed by atoms with Crippen LogP contribution in [0.5, 0.6) is 0 Å². The van der Waals surface area contributed by atoms with Crippen LogP contribution in [0.3, 0.4) is 0 Å². The van der Waals surface area contributed by atoms with Crippen molar-refractivity contribution in [2.45, 2.75) is 40.8 Å². The van der Waals surface area contributed by atoms with Crippen LogP contribution in [0.1, 0.15) is 34.3 Å². The molecule has 3 fully saturated rings. The van der Waals surface area contributed by atoms with Gasteiger partial charge in [0.05, 0.1) is 36.5 Å². The van der Waals surface area contributed by atoms with E-state index in [2.05, 4.69) is 4.90 Å². The highest BCUT2D eigenvalue weighted by Crippen LogP contribution is 2.53. The predicted octanol–water partition coefficient (Wildman–Crippen LogP) is 2.46. The van der Waals surface area contributed by atoms with Gasteiger partial charge in [-0.15, -0.1) is 0 Å².